The van der Waals surface area contributed by atoms with Crippen LogP contribution in [0.1, 0.15) is 30.1 Å². The molecule has 0 atom stereocenters. The number of hydrogen-bond donors (Lipinski definition) is 0. The lowest BCUT2D eigenvalue weighted by molar-refractivity contribution is -0.142. The Balaban J connectivity index is 1.62. The van der Waals surface area contributed by atoms with Crippen molar-refractivity contribution in [2.75, 3.05) is 24.7 Å². The van der Waals surface area contributed by atoms with Crippen LogP contribution in [0.15, 0.2) is 36.4 Å². The monoisotopic (exact) mass is 329 g/mol. The molecule has 2 amide bonds. The van der Waals surface area contributed by atoms with Gasteiger partial charge in [-0.05, 0) is 30.7 Å². The topological polar surface area (TPSA) is 72.9 Å². The fraction of sp³-hybridized carbons (Fsp3) is 0.389. The zero-order valence-corrected chi connectivity index (χ0v) is 13.5. The number of ether oxygens (including phenoxy) is 2. The van der Waals surface area contributed by atoms with Crippen LogP contribution in [0.2, 0.25) is 0 Å². The molecule has 0 bridgehead atoms. The van der Waals surface area contributed by atoms with Crippen molar-refractivity contribution in [1.29, 1.82) is 0 Å². The Morgan fingerprint density at radius 2 is 1.79 bits per heavy atom. The largest absolute Gasteiger partial charge is 0.461 e. The Labute approximate surface area is 140 Å². The molecule has 0 saturated carbocycles. The number of carbonyl (C=O) groups excluding carboxylic acids is 3. The van der Waals surface area contributed by atoms with E-state index in [4.69, 9.17) is 9.47 Å². The highest BCUT2D eigenvalue weighted by Gasteiger charge is 2.39. The number of anilines is 1. The first kappa shape index (κ1) is 16.4. The minimum absolute atomic E-state index is 0.0512. The Bertz CT molecular complexity index is 670. The molecule has 126 valence electrons. The number of imide groups is 1. The SMILES string of the molecule is CCCC1(COC(=O)c2ccc(N3C(=O)C=CC3=O)cc2)COC1. The predicted molar refractivity (Wildman–Crippen MR) is 86.5 cm³/mol. The molecule has 0 N–H and O–H groups in total. The van der Waals surface area contributed by atoms with Crippen molar-refractivity contribution in [2.45, 2.75) is 19.8 Å². The fourth-order valence-corrected chi connectivity index (χ4v) is 2.92. The van der Waals surface area contributed by atoms with Gasteiger partial charge in [0.1, 0.15) is 6.61 Å². The molecule has 6 heteroatoms. The molecule has 0 spiro atoms. The minimum Gasteiger partial charge on any atom is -0.461 e. The average molecular weight is 329 g/mol. The van der Waals surface area contributed by atoms with Crippen molar-refractivity contribution in [3.05, 3.63) is 42.0 Å². The standard InChI is InChI=1S/C18H19NO5/c1-2-9-18(10-23-11-18)12-24-17(22)13-3-5-14(6-4-13)19-15(20)7-8-16(19)21/h3-8H,2,9-12H2,1H3. The Morgan fingerprint density at radius 3 is 2.29 bits per heavy atom. The van der Waals surface area contributed by atoms with Crippen LogP contribution in [0.3, 0.4) is 0 Å². The van der Waals surface area contributed by atoms with Gasteiger partial charge in [0, 0.05) is 12.2 Å². The van der Waals surface area contributed by atoms with Gasteiger partial charge in [0.2, 0.25) is 0 Å². The lowest BCUT2D eigenvalue weighted by Gasteiger charge is -2.40. The van der Waals surface area contributed by atoms with Gasteiger partial charge in [0.05, 0.1) is 29.9 Å². The van der Waals surface area contributed by atoms with Gasteiger partial charge in [0.15, 0.2) is 0 Å². The lowest BCUT2D eigenvalue weighted by Crippen LogP contribution is -2.46. The summed E-state index contributed by atoms with van der Waals surface area (Å²) in [5.74, 6) is -1.19. The molecule has 1 aromatic rings. The van der Waals surface area contributed by atoms with Crippen LogP contribution in [0.25, 0.3) is 0 Å². The number of nitrogens with zero attached hydrogens (tertiary/aromatic N) is 1. The summed E-state index contributed by atoms with van der Waals surface area (Å²) in [6.45, 7) is 3.68. The molecule has 2 aliphatic rings. The first-order valence-electron chi connectivity index (χ1n) is 7.96. The molecule has 0 aliphatic carbocycles. The molecule has 1 fully saturated rings. The van der Waals surface area contributed by atoms with Crippen LogP contribution in [0.5, 0.6) is 0 Å². The maximum Gasteiger partial charge on any atom is 0.338 e. The smallest absolute Gasteiger partial charge is 0.338 e. The van der Waals surface area contributed by atoms with Gasteiger partial charge >= 0.3 is 5.97 Å². The summed E-state index contributed by atoms with van der Waals surface area (Å²) in [4.78, 5) is 36.5. The van der Waals surface area contributed by atoms with Gasteiger partial charge in [-0.15, -0.1) is 0 Å². The predicted octanol–water partition coefficient (Wildman–Crippen LogP) is 2.09. The number of esters is 1. The minimum atomic E-state index is -0.416. The summed E-state index contributed by atoms with van der Waals surface area (Å²) >= 11 is 0. The molecule has 0 unspecified atom stereocenters. The third-order valence-corrected chi connectivity index (χ3v) is 4.28. The molecule has 2 aliphatic heterocycles. The fourth-order valence-electron chi connectivity index (χ4n) is 2.92. The third-order valence-electron chi connectivity index (χ3n) is 4.28. The van der Waals surface area contributed by atoms with E-state index in [0.717, 1.165) is 17.7 Å². The van der Waals surface area contributed by atoms with E-state index in [2.05, 4.69) is 6.92 Å². The quantitative estimate of drug-likeness (QED) is 0.590. The third kappa shape index (κ3) is 3.10. The van der Waals surface area contributed by atoms with E-state index in [0.29, 0.717) is 31.1 Å². The van der Waals surface area contributed by atoms with Gasteiger partial charge in [0.25, 0.3) is 11.8 Å². The highest BCUT2D eigenvalue weighted by molar-refractivity contribution is 6.28. The molecule has 1 saturated heterocycles. The Morgan fingerprint density at radius 1 is 1.17 bits per heavy atom. The highest BCUT2D eigenvalue weighted by Crippen LogP contribution is 2.33. The Hall–Kier alpha value is -2.47. The summed E-state index contributed by atoms with van der Waals surface area (Å²) in [6.07, 6.45) is 4.42. The maximum atomic E-state index is 12.2. The van der Waals surface area contributed by atoms with E-state index in [1.165, 1.54) is 12.2 Å². The molecule has 0 radical (unpaired) electrons. The summed E-state index contributed by atoms with van der Waals surface area (Å²) in [5.41, 5.74) is 0.767. The van der Waals surface area contributed by atoms with Crippen LogP contribution in [0.4, 0.5) is 5.69 Å². The van der Waals surface area contributed by atoms with E-state index in [-0.39, 0.29) is 17.2 Å². The number of rotatable bonds is 6. The first-order chi connectivity index (χ1) is 11.5. The summed E-state index contributed by atoms with van der Waals surface area (Å²) < 4.78 is 10.7. The number of hydrogen-bond acceptors (Lipinski definition) is 5. The van der Waals surface area contributed by atoms with Crippen LogP contribution in [-0.4, -0.2) is 37.6 Å². The van der Waals surface area contributed by atoms with E-state index in [9.17, 15) is 14.4 Å². The molecule has 1 aromatic carbocycles. The molecule has 24 heavy (non-hydrogen) atoms. The summed E-state index contributed by atoms with van der Waals surface area (Å²) in [6, 6.07) is 6.24. The number of benzene rings is 1. The molecule has 2 heterocycles. The zero-order valence-electron chi connectivity index (χ0n) is 13.5. The zero-order chi connectivity index (χ0) is 17.2. The van der Waals surface area contributed by atoms with Crippen molar-refractivity contribution < 1.29 is 23.9 Å². The lowest BCUT2D eigenvalue weighted by atomic mass is 9.82. The van der Waals surface area contributed by atoms with Crippen LogP contribution in [0, 0.1) is 5.41 Å². The summed E-state index contributed by atoms with van der Waals surface area (Å²) in [5, 5.41) is 0. The van der Waals surface area contributed by atoms with Crippen molar-refractivity contribution in [1.82, 2.24) is 0 Å². The van der Waals surface area contributed by atoms with Gasteiger partial charge in [-0.2, -0.15) is 0 Å². The van der Waals surface area contributed by atoms with E-state index < -0.39 is 5.97 Å². The van der Waals surface area contributed by atoms with E-state index >= 15 is 0 Å². The van der Waals surface area contributed by atoms with Gasteiger partial charge in [-0.25, -0.2) is 9.69 Å². The number of amides is 2. The molecule has 0 aromatic heterocycles. The van der Waals surface area contributed by atoms with E-state index in [1.807, 2.05) is 0 Å². The molecular formula is C18H19NO5. The number of carbonyl (C=O) groups is 3. The van der Waals surface area contributed by atoms with Crippen molar-refractivity contribution in [3.8, 4) is 0 Å². The second-order valence-corrected chi connectivity index (χ2v) is 6.21. The average Bonchev–Trinajstić information content (AvgIpc) is 2.88. The molecular weight excluding hydrogens is 310 g/mol. The summed E-state index contributed by atoms with van der Waals surface area (Å²) in [7, 11) is 0. The second kappa shape index (κ2) is 6.57. The normalized spacial score (nSPS) is 18.6. The van der Waals surface area contributed by atoms with Crippen molar-refractivity contribution >= 4 is 23.5 Å². The van der Waals surface area contributed by atoms with E-state index in [1.54, 1.807) is 24.3 Å². The second-order valence-electron chi connectivity index (χ2n) is 6.21. The Kier molecular flexibility index (Phi) is 4.49. The molecule has 3 rings (SSSR count). The van der Waals surface area contributed by atoms with Crippen molar-refractivity contribution in [3.63, 3.8) is 0 Å². The molecule has 6 nitrogen and oxygen atoms in total. The van der Waals surface area contributed by atoms with Gasteiger partial charge < -0.3 is 9.47 Å². The van der Waals surface area contributed by atoms with Gasteiger partial charge in [-0.3, -0.25) is 9.59 Å². The van der Waals surface area contributed by atoms with Crippen LogP contribution >= 0.6 is 0 Å². The van der Waals surface area contributed by atoms with Gasteiger partial charge in [-0.1, -0.05) is 13.3 Å². The highest BCUT2D eigenvalue weighted by atomic mass is 16.5. The van der Waals surface area contributed by atoms with Crippen molar-refractivity contribution in [2.24, 2.45) is 5.41 Å². The maximum absolute atomic E-state index is 12.2. The first-order valence-corrected chi connectivity index (χ1v) is 7.96. The van der Waals surface area contributed by atoms with Crippen LogP contribution in [-0.2, 0) is 19.1 Å². The van der Waals surface area contributed by atoms with Crippen LogP contribution < -0.4 is 4.90 Å².